The monoisotopic (exact) mass is 383 g/mol. The normalized spacial score (nSPS) is 20.0. The number of nitrogens with zero attached hydrogens (tertiary/aromatic N) is 3. The minimum Gasteiger partial charge on any atom is -0.371 e. The summed E-state index contributed by atoms with van der Waals surface area (Å²) in [4.78, 5) is 14.6. The molecule has 0 saturated carbocycles. The van der Waals surface area contributed by atoms with Crippen LogP contribution in [0.2, 0.25) is 0 Å². The van der Waals surface area contributed by atoms with Gasteiger partial charge in [-0.2, -0.15) is 5.10 Å². The second kappa shape index (κ2) is 7.56. The Morgan fingerprint density at radius 2 is 2.04 bits per heavy atom. The fraction of sp³-hybridized carbons (Fsp3) is 0.524. The molecule has 2 aliphatic rings. The van der Waals surface area contributed by atoms with E-state index in [1.807, 2.05) is 33.8 Å². The Bertz CT molecular complexity index is 831. The van der Waals surface area contributed by atoms with Crippen molar-refractivity contribution in [1.29, 1.82) is 0 Å². The lowest BCUT2D eigenvalue weighted by Crippen LogP contribution is -2.40. The number of anilines is 1. The van der Waals surface area contributed by atoms with Crippen LogP contribution in [-0.2, 0) is 23.2 Å². The number of urea groups is 1. The van der Waals surface area contributed by atoms with Gasteiger partial charge in [-0.15, -0.1) is 0 Å². The fourth-order valence-electron chi connectivity index (χ4n) is 3.57. The first-order chi connectivity index (χ1) is 13.4. The standard InChI is InChI=1S/C21H29N5O2/c1-21(2,3)19-12-17-14-25(9-10-26(17)24-19)20(27)23-16-6-4-15(5-7-16)18-13-22-8-11-28-18/h4-7,12,18,22H,8-11,13-14H2,1-3H3,(H,23,27). The molecule has 0 bridgehead atoms. The molecule has 4 rings (SSSR count). The zero-order valence-corrected chi connectivity index (χ0v) is 16.9. The van der Waals surface area contributed by atoms with Crippen molar-refractivity contribution in [2.75, 3.05) is 31.6 Å². The molecule has 28 heavy (non-hydrogen) atoms. The minimum absolute atomic E-state index is 0.0107. The molecule has 1 unspecified atom stereocenters. The molecule has 3 heterocycles. The van der Waals surface area contributed by atoms with E-state index in [1.54, 1.807) is 0 Å². The average Bonchev–Trinajstić information content (AvgIpc) is 3.13. The number of morpholine rings is 1. The molecule has 0 aliphatic carbocycles. The molecule has 7 heteroatoms. The first-order valence-electron chi connectivity index (χ1n) is 9.95. The van der Waals surface area contributed by atoms with Crippen LogP contribution < -0.4 is 10.6 Å². The summed E-state index contributed by atoms with van der Waals surface area (Å²) < 4.78 is 7.80. The summed E-state index contributed by atoms with van der Waals surface area (Å²) in [7, 11) is 0. The van der Waals surface area contributed by atoms with Crippen molar-refractivity contribution >= 4 is 11.7 Å². The first-order valence-corrected chi connectivity index (χ1v) is 9.95. The Hall–Kier alpha value is -2.38. The Morgan fingerprint density at radius 3 is 2.71 bits per heavy atom. The van der Waals surface area contributed by atoms with E-state index >= 15 is 0 Å². The van der Waals surface area contributed by atoms with Crippen molar-refractivity contribution in [2.24, 2.45) is 0 Å². The van der Waals surface area contributed by atoms with Gasteiger partial charge < -0.3 is 20.3 Å². The van der Waals surface area contributed by atoms with Crippen LogP contribution in [0.1, 0.15) is 43.8 Å². The first kappa shape index (κ1) is 19.0. The molecule has 0 spiro atoms. The van der Waals surface area contributed by atoms with Crippen LogP contribution in [0.4, 0.5) is 10.5 Å². The van der Waals surface area contributed by atoms with Crippen LogP contribution in [0.15, 0.2) is 30.3 Å². The molecule has 2 aliphatic heterocycles. The van der Waals surface area contributed by atoms with E-state index in [0.29, 0.717) is 13.1 Å². The van der Waals surface area contributed by atoms with Crippen molar-refractivity contribution in [2.45, 2.75) is 45.4 Å². The fourth-order valence-corrected chi connectivity index (χ4v) is 3.57. The summed E-state index contributed by atoms with van der Waals surface area (Å²) in [5.41, 5.74) is 4.09. The highest BCUT2D eigenvalue weighted by Gasteiger charge is 2.26. The van der Waals surface area contributed by atoms with E-state index in [1.165, 1.54) is 0 Å². The lowest BCUT2D eigenvalue weighted by molar-refractivity contribution is 0.0277. The van der Waals surface area contributed by atoms with Crippen LogP contribution in [0.5, 0.6) is 0 Å². The van der Waals surface area contributed by atoms with Gasteiger partial charge in [-0.05, 0) is 23.8 Å². The number of benzene rings is 1. The molecule has 1 aromatic carbocycles. The molecular weight excluding hydrogens is 354 g/mol. The zero-order chi connectivity index (χ0) is 19.7. The summed E-state index contributed by atoms with van der Waals surface area (Å²) in [6, 6.07) is 9.97. The number of fused-ring (bicyclic) bond motifs is 1. The third-order valence-electron chi connectivity index (χ3n) is 5.31. The van der Waals surface area contributed by atoms with Crippen molar-refractivity contribution < 1.29 is 9.53 Å². The number of carbonyl (C=O) groups excluding carboxylic acids is 1. The number of carbonyl (C=O) groups is 1. The van der Waals surface area contributed by atoms with Crippen molar-refractivity contribution in [1.82, 2.24) is 20.0 Å². The maximum absolute atomic E-state index is 12.7. The van der Waals surface area contributed by atoms with Crippen molar-refractivity contribution in [3.8, 4) is 0 Å². The molecule has 1 saturated heterocycles. The molecule has 2 N–H and O–H groups in total. The smallest absolute Gasteiger partial charge is 0.322 e. The van der Waals surface area contributed by atoms with Crippen LogP contribution >= 0.6 is 0 Å². The quantitative estimate of drug-likeness (QED) is 0.837. The van der Waals surface area contributed by atoms with Gasteiger partial charge >= 0.3 is 6.03 Å². The summed E-state index contributed by atoms with van der Waals surface area (Å²) in [5, 5.41) is 11.0. The molecule has 0 radical (unpaired) electrons. The molecule has 1 atom stereocenters. The van der Waals surface area contributed by atoms with E-state index in [0.717, 1.165) is 48.9 Å². The third kappa shape index (κ3) is 4.05. The summed E-state index contributed by atoms with van der Waals surface area (Å²) in [6.45, 7) is 10.9. The van der Waals surface area contributed by atoms with Gasteiger partial charge in [0.15, 0.2) is 0 Å². The van der Waals surface area contributed by atoms with E-state index in [2.05, 4.69) is 37.5 Å². The third-order valence-corrected chi connectivity index (χ3v) is 5.31. The Morgan fingerprint density at radius 1 is 1.25 bits per heavy atom. The zero-order valence-electron chi connectivity index (χ0n) is 16.9. The van der Waals surface area contributed by atoms with Gasteiger partial charge in [0, 0.05) is 30.7 Å². The largest absolute Gasteiger partial charge is 0.371 e. The average molecular weight is 383 g/mol. The molecule has 150 valence electrons. The van der Waals surface area contributed by atoms with Crippen molar-refractivity contribution in [3.05, 3.63) is 47.3 Å². The number of hydrogen-bond donors (Lipinski definition) is 2. The van der Waals surface area contributed by atoms with Gasteiger partial charge in [-0.1, -0.05) is 32.9 Å². The van der Waals surface area contributed by atoms with E-state index in [4.69, 9.17) is 9.84 Å². The number of aromatic nitrogens is 2. The minimum atomic E-state index is -0.0758. The molecule has 7 nitrogen and oxygen atoms in total. The maximum Gasteiger partial charge on any atom is 0.322 e. The molecule has 1 fully saturated rings. The summed E-state index contributed by atoms with van der Waals surface area (Å²) in [5.74, 6) is 0. The number of rotatable bonds is 2. The van der Waals surface area contributed by atoms with Gasteiger partial charge in [0.1, 0.15) is 0 Å². The SMILES string of the molecule is CC(C)(C)c1cc2n(n1)CCN(C(=O)Nc1ccc(C3CNCCO3)cc1)C2. The molecular formula is C21H29N5O2. The van der Waals surface area contributed by atoms with E-state index in [9.17, 15) is 4.79 Å². The van der Waals surface area contributed by atoms with Crippen LogP contribution in [0.25, 0.3) is 0 Å². The van der Waals surface area contributed by atoms with Gasteiger partial charge in [0.25, 0.3) is 0 Å². The number of amides is 2. The Balaban J connectivity index is 1.38. The molecule has 2 amide bonds. The highest BCUT2D eigenvalue weighted by Crippen LogP contribution is 2.25. The van der Waals surface area contributed by atoms with Crippen LogP contribution in [0, 0.1) is 0 Å². The predicted molar refractivity (Wildman–Crippen MR) is 108 cm³/mol. The highest BCUT2D eigenvalue weighted by atomic mass is 16.5. The lowest BCUT2D eigenvalue weighted by Gasteiger charge is -2.28. The van der Waals surface area contributed by atoms with Crippen LogP contribution in [-0.4, -0.2) is 47.0 Å². The van der Waals surface area contributed by atoms with Crippen molar-refractivity contribution in [3.63, 3.8) is 0 Å². The maximum atomic E-state index is 12.7. The Labute approximate surface area is 166 Å². The molecule has 1 aromatic heterocycles. The van der Waals surface area contributed by atoms with Crippen LogP contribution in [0.3, 0.4) is 0 Å². The van der Waals surface area contributed by atoms with E-state index < -0.39 is 0 Å². The lowest BCUT2D eigenvalue weighted by atomic mass is 9.92. The van der Waals surface area contributed by atoms with E-state index in [-0.39, 0.29) is 17.6 Å². The van der Waals surface area contributed by atoms with Gasteiger partial charge in [0.05, 0.1) is 37.2 Å². The summed E-state index contributed by atoms with van der Waals surface area (Å²) >= 11 is 0. The second-order valence-electron chi connectivity index (χ2n) is 8.53. The number of nitrogens with one attached hydrogen (secondary N) is 2. The topological polar surface area (TPSA) is 71.4 Å². The second-order valence-corrected chi connectivity index (χ2v) is 8.53. The van der Waals surface area contributed by atoms with Gasteiger partial charge in [0.2, 0.25) is 0 Å². The Kier molecular flexibility index (Phi) is 5.12. The highest BCUT2D eigenvalue weighted by molar-refractivity contribution is 5.89. The summed E-state index contributed by atoms with van der Waals surface area (Å²) in [6.07, 6.45) is 0.0814. The number of ether oxygens (including phenoxy) is 1. The van der Waals surface area contributed by atoms with Gasteiger partial charge in [-0.25, -0.2) is 4.79 Å². The number of hydrogen-bond acceptors (Lipinski definition) is 4. The molecule has 2 aromatic rings. The predicted octanol–water partition coefficient (Wildman–Crippen LogP) is 2.89. The van der Waals surface area contributed by atoms with Gasteiger partial charge in [-0.3, -0.25) is 4.68 Å².